The molecule has 2 aliphatic heterocycles. The van der Waals surface area contributed by atoms with Gasteiger partial charge in [0.1, 0.15) is 35.8 Å². The van der Waals surface area contributed by atoms with Crippen LogP contribution in [0.5, 0.6) is 5.75 Å². The molecule has 8 rings (SSSR count). The molecule has 0 saturated carbocycles. The van der Waals surface area contributed by atoms with E-state index in [9.17, 15) is 34.5 Å². The summed E-state index contributed by atoms with van der Waals surface area (Å²) in [6.45, 7) is 19.8. The van der Waals surface area contributed by atoms with Crippen molar-refractivity contribution in [2.45, 2.75) is 98.5 Å². The number of β-amino-alcohol motifs (C(OH)–C–C–N with tert-alkyl or cyclic N) is 1. The third-order valence-corrected chi connectivity index (χ3v) is 17.2. The number of halogens is 2. The van der Waals surface area contributed by atoms with Gasteiger partial charge < -0.3 is 69.8 Å². The third-order valence-electron chi connectivity index (χ3n) is 15.9. The second kappa shape index (κ2) is 30.1. The average molecular weight is 1260 g/mol. The fourth-order valence-electron chi connectivity index (χ4n) is 11.1. The highest BCUT2D eigenvalue weighted by Crippen LogP contribution is 2.43. The molecule has 88 heavy (non-hydrogen) atoms. The Morgan fingerprint density at radius 1 is 0.852 bits per heavy atom. The standard InChI is InChI=1S/C64H84ClFN10O11S/c1-39(41-15-17-42(18-16-41)56-40(2)68-38-88-56)69-59(80)50-33-45(78)35-76(50)60(81)57(64(6,7)8)70-52(79)37-87-30-29-86-28-27-85-26-25-84-24-23-73(9)20-12-19-67-61-71-55-48(58(72-61)74-21-22-75(62(82)83)51(36-74)63(3,4)5)34-49(65)53(54(55)66)47-32-44(77)31-43-13-10-11-14-46(43)47/h10-11,13-18,31-32,34,38-39,45,50-51,57,77-78H,12,19-30,33,35-37H2,1-9H3,(H,69,80)(H,70,79)(H,82,83)(H,67,71,72)/t39-,45+,50-,51?,57+/m0/s1. The van der Waals surface area contributed by atoms with Gasteiger partial charge in [-0.2, -0.15) is 4.98 Å². The molecule has 476 valence electrons. The summed E-state index contributed by atoms with van der Waals surface area (Å²) in [7, 11) is 1.99. The molecule has 2 aliphatic rings. The number of carbonyl (C=O) groups excluding carboxylic acids is 3. The van der Waals surface area contributed by atoms with E-state index in [1.54, 1.807) is 23.5 Å². The van der Waals surface area contributed by atoms with Crippen LogP contribution in [-0.4, -0.2) is 199 Å². The molecule has 0 spiro atoms. The molecule has 4 amide bonds. The summed E-state index contributed by atoms with van der Waals surface area (Å²) in [4.78, 5) is 75.2. The second-order valence-electron chi connectivity index (χ2n) is 24.7. The predicted molar refractivity (Wildman–Crippen MR) is 340 cm³/mol. The van der Waals surface area contributed by atoms with Crippen molar-refractivity contribution in [1.82, 2.24) is 40.3 Å². The monoisotopic (exact) mass is 1250 g/mol. The van der Waals surface area contributed by atoms with E-state index in [1.165, 1.54) is 15.9 Å². The molecule has 2 aromatic heterocycles. The van der Waals surface area contributed by atoms with Crippen LogP contribution in [0.3, 0.4) is 0 Å². The van der Waals surface area contributed by atoms with Crippen molar-refractivity contribution in [3.63, 3.8) is 0 Å². The summed E-state index contributed by atoms with van der Waals surface area (Å²) in [5, 5.41) is 42.5. The number of hydrogen-bond donors (Lipinski definition) is 6. The van der Waals surface area contributed by atoms with Crippen molar-refractivity contribution in [1.29, 1.82) is 0 Å². The summed E-state index contributed by atoms with van der Waals surface area (Å²) in [6.07, 6.45) is -1.13. The maximum Gasteiger partial charge on any atom is 0.407 e. The summed E-state index contributed by atoms with van der Waals surface area (Å²) in [5.41, 5.74) is 4.10. The van der Waals surface area contributed by atoms with Gasteiger partial charge in [-0.05, 0) is 90.4 Å². The van der Waals surface area contributed by atoms with Gasteiger partial charge in [0.15, 0.2) is 5.82 Å². The van der Waals surface area contributed by atoms with Crippen LogP contribution in [0, 0.1) is 23.6 Å². The minimum atomic E-state index is -1.00. The number of phenols is 1. The number of thiazole rings is 1. The Morgan fingerprint density at radius 3 is 2.19 bits per heavy atom. The van der Waals surface area contributed by atoms with Gasteiger partial charge >= 0.3 is 6.09 Å². The van der Waals surface area contributed by atoms with Crippen LogP contribution in [0.2, 0.25) is 5.02 Å². The largest absolute Gasteiger partial charge is 0.508 e. The quantitative estimate of drug-likeness (QED) is 0.0264. The zero-order valence-electron chi connectivity index (χ0n) is 51.7. The van der Waals surface area contributed by atoms with Gasteiger partial charge in [-0.1, -0.05) is 102 Å². The molecule has 0 bridgehead atoms. The van der Waals surface area contributed by atoms with Gasteiger partial charge in [0.25, 0.3) is 0 Å². The number of amides is 4. The van der Waals surface area contributed by atoms with Crippen molar-refractivity contribution in [3.05, 3.63) is 94.3 Å². The van der Waals surface area contributed by atoms with E-state index < -0.39 is 52.7 Å². The highest BCUT2D eigenvalue weighted by atomic mass is 35.5. The molecule has 0 aliphatic carbocycles. The lowest BCUT2D eigenvalue weighted by molar-refractivity contribution is -0.144. The Morgan fingerprint density at radius 2 is 1.53 bits per heavy atom. The highest BCUT2D eigenvalue weighted by molar-refractivity contribution is 7.13. The Balaban J connectivity index is 0.722. The lowest BCUT2D eigenvalue weighted by Crippen LogP contribution is -2.59. The number of carbonyl (C=O) groups is 4. The number of aromatic hydroxyl groups is 1. The van der Waals surface area contributed by atoms with E-state index in [1.807, 2.05) is 121 Å². The van der Waals surface area contributed by atoms with Crippen LogP contribution >= 0.6 is 22.9 Å². The molecule has 6 aromatic rings. The van der Waals surface area contributed by atoms with Gasteiger partial charge in [-0.25, -0.2) is 19.2 Å². The Kier molecular flexibility index (Phi) is 23.0. The first kappa shape index (κ1) is 67.1. The fourth-order valence-corrected chi connectivity index (χ4v) is 12.2. The number of fused-ring (bicyclic) bond motifs is 2. The molecule has 24 heteroatoms. The van der Waals surface area contributed by atoms with Crippen molar-refractivity contribution in [2.24, 2.45) is 10.8 Å². The number of likely N-dealkylation sites (tertiary alicyclic amines) is 1. The van der Waals surface area contributed by atoms with E-state index in [0.717, 1.165) is 21.7 Å². The number of piperazine rings is 1. The smallest absolute Gasteiger partial charge is 0.407 e. The van der Waals surface area contributed by atoms with Crippen molar-refractivity contribution in [3.8, 4) is 27.3 Å². The normalized spacial score (nSPS) is 17.2. The third kappa shape index (κ3) is 17.1. The van der Waals surface area contributed by atoms with E-state index in [4.69, 9.17) is 40.5 Å². The average Bonchev–Trinajstić information content (AvgIpc) is 1.16. The molecular formula is C64H84ClFN10O11S. The zero-order chi connectivity index (χ0) is 63.5. The maximum atomic E-state index is 17.2. The first-order valence-corrected chi connectivity index (χ1v) is 31.1. The topological polar surface area (TPSA) is 254 Å². The summed E-state index contributed by atoms with van der Waals surface area (Å²) < 4.78 is 39.9. The lowest BCUT2D eigenvalue weighted by atomic mass is 9.84. The molecule has 0 radical (unpaired) electrons. The number of aryl methyl sites for hydroxylation is 1. The number of hydrogen-bond acceptors (Lipinski definition) is 17. The predicted octanol–water partition coefficient (Wildman–Crippen LogP) is 8.77. The van der Waals surface area contributed by atoms with Gasteiger partial charge in [0.05, 0.1) is 85.5 Å². The Labute approximate surface area is 522 Å². The molecule has 2 fully saturated rings. The van der Waals surface area contributed by atoms with E-state index in [-0.39, 0.29) is 85.1 Å². The number of nitrogens with zero attached hydrogens (tertiary/aromatic N) is 7. The lowest BCUT2D eigenvalue weighted by Gasteiger charge is -2.46. The first-order valence-electron chi connectivity index (χ1n) is 29.9. The number of carboxylic acid groups (broad SMARTS) is 1. The number of benzene rings is 4. The van der Waals surface area contributed by atoms with Gasteiger partial charge in [-0.15, -0.1) is 11.3 Å². The minimum Gasteiger partial charge on any atom is -0.508 e. The number of anilines is 2. The number of ether oxygens (including phenoxy) is 4. The molecule has 2 saturated heterocycles. The molecule has 6 N–H and O–H groups in total. The van der Waals surface area contributed by atoms with Crippen LogP contribution in [0.4, 0.5) is 21.0 Å². The number of aliphatic hydroxyl groups excluding tert-OH is 1. The SMILES string of the molecule is Cc1ncsc1-c1ccc([C@H](C)NC(=O)[C@@H]2C[C@@H](O)CN2C(=O)[C@@H](NC(=O)COCCOCCOCCOCCN(C)CCCNc2nc(N3CCN(C(=O)O)C(C(C)(C)C)C3)c3cc(Cl)c(-c4cc(O)cc5ccccc45)c(F)c3n2)C(C)(C)C)cc1. The highest BCUT2D eigenvalue weighted by Gasteiger charge is 2.45. The van der Waals surface area contributed by atoms with E-state index >= 15 is 4.39 Å². The van der Waals surface area contributed by atoms with Crippen LogP contribution < -0.4 is 20.9 Å². The summed E-state index contributed by atoms with van der Waals surface area (Å²) in [5.74, 6) is -1.41. The molecule has 5 atom stereocenters. The zero-order valence-corrected chi connectivity index (χ0v) is 53.3. The number of nitrogens with one attached hydrogen (secondary N) is 3. The Bertz CT molecular complexity index is 3380. The number of rotatable bonds is 27. The summed E-state index contributed by atoms with van der Waals surface area (Å²) in [6, 6.07) is 17.3. The maximum absolute atomic E-state index is 17.2. The van der Waals surface area contributed by atoms with Crippen LogP contribution in [0.1, 0.15) is 78.6 Å². The molecule has 1 unspecified atom stereocenters. The van der Waals surface area contributed by atoms with Crippen molar-refractivity contribution in [2.75, 3.05) is 116 Å². The second-order valence-corrected chi connectivity index (χ2v) is 25.9. The van der Waals surface area contributed by atoms with Crippen LogP contribution in [-0.2, 0) is 33.3 Å². The van der Waals surface area contributed by atoms with Crippen molar-refractivity contribution >= 4 is 80.2 Å². The fraction of sp³-hybridized carbons (Fsp3) is 0.516. The van der Waals surface area contributed by atoms with Gasteiger partial charge in [-0.3, -0.25) is 14.4 Å². The number of aliphatic hydroxyl groups is 1. The number of aromatic nitrogens is 3. The van der Waals surface area contributed by atoms with Gasteiger partial charge in [0, 0.05) is 56.6 Å². The minimum absolute atomic E-state index is 0.0368. The van der Waals surface area contributed by atoms with E-state index in [2.05, 4.69) is 25.8 Å². The Hall–Kier alpha value is -6.83. The van der Waals surface area contributed by atoms with Gasteiger partial charge in [0.2, 0.25) is 23.7 Å². The molecular weight excluding hydrogens is 1170 g/mol. The molecule has 21 nitrogen and oxygen atoms in total. The summed E-state index contributed by atoms with van der Waals surface area (Å²) >= 11 is 8.53. The first-order chi connectivity index (χ1) is 41.9. The molecule has 4 aromatic carbocycles. The van der Waals surface area contributed by atoms with Crippen molar-refractivity contribution < 1.29 is 57.8 Å². The van der Waals surface area contributed by atoms with Crippen LogP contribution in [0.15, 0.2) is 72.2 Å². The number of phenolic OH excluding ortho intramolecular Hbond substituents is 1. The van der Waals surface area contributed by atoms with Crippen LogP contribution in [0.25, 0.3) is 43.2 Å². The number of likely N-dealkylation sites (N-methyl/N-ethyl adjacent to an activating group) is 1. The molecule has 4 heterocycles. The van der Waals surface area contributed by atoms with E-state index in [0.29, 0.717) is 99.7 Å².